The van der Waals surface area contributed by atoms with Crippen molar-refractivity contribution in [2.45, 2.75) is 53.4 Å². The van der Waals surface area contributed by atoms with Crippen LogP contribution in [0, 0.1) is 6.92 Å². The molecule has 0 heterocycles. The van der Waals surface area contributed by atoms with Crippen LogP contribution in [-0.2, 0) is 33.9 Å². The van der Waals surface area contributed by atoms with Gasteiger partial charge in [0, 0.05) is 24.1 Å². The van der Waals surface area contributed by atoms with E-state index in [9.17, 15) is 35.1 Å². The lowest BCUT2D eigenvalue weighted by Gasteiger charge is -2.19. The molecule has 0 aliphatic heterocycles. The molecule has 0 saturated heterocycles. The van der Waals surface area contributed by atoms with E-state index in [4.69, 9.17) is 14.2 Å². The second-order valence-corrected chi connectivity index (χ2v) is 8.50. The fraction of sp³-hybridized carbons (Fsp3) is 0.385. The van der Waals surface area contributed by atoms with E-state index in [-0.39, 0.29) is 71.3 Å². The van der Waals surface area contributed by atoms with Crippen LogP contribution < -0.4 is 4.74 Å². The van der Waals surface area contributed by atoms with Crippen molar-refractivity contribution in [3.8, 4) is 23.0 Å². The molecular weight excluding hydrogens is 472 g/mol. The van der Waals surface area contributed by atoms with Crippen molar-refractivity contribution in [3.63, 3.8) is 0 Å². The summed E-state index contributed by atoms with van der Waals surface area (Å²) in [5.41, 5.74) is 1.77. The normalized spacial score (nSPS) is 11.6. The van der Waals surface area contributed by atoms with Gasteiger partial charge in [0.1, 0.15) is 41.3 Å². The third-order valence-electron chi connectivity index (χ3n) is 5.19. The molecular formula is C26H32O10. The molecule has 5 N–H and O–H groups in total. The summed E-state index contributed by atoms with van der Waals surface area (Å²) in [6, 6.07) is 3.71. The Morgan fingerprint density at radius 1 is 1.03 bits per heavy atom. The number of rotatable bonds is 11. The largest absolute Gasteiger partial charge is 0.508 e. The smallest absolute Gasteiger partial charge is 0.347 e. The van der Waals surface area contributed by atoms with E-state index in [0.717, 1.165) is 11.6 Å². The topological polar surface area (TPSA) is 163 Å². The van der Waals surface area contributed by atoms with Crippen molar-refractivity contribution in [2.24, 2.45) is 0 Å². The molecule has 0 aromatic heterocycles. The van der Waals surface area contributed by atoms with Gasteiger partial charge in [-0.15, -0.1) is 0 Å². The highest BCUT2D eigenvalue weighted by Gasteiger charge is 2.23. The first-order valence-electron chi connectivity index (χ1n) is 11.2. The lowest BCUT2D eigenvalue weighted by Crippen LogP contribution is -2.23. The summed E-state index contributed by atoms with van der Waals surface area (Å²) in [4.78, 5) is 23.8. The van der Waals surface area contributed by atoms with E-state index in [1.165, 1.54) is 26.0 Å². The Morgan fingerprint density at radius 3 is 2.31 bits per heavy atom. The molecule has 0 aliphatic rings. The molecule has 0 spiro atoms. The maximum absolute atomic E-state index is 12.9. The monoisotopic (exact) mass is 504 g/mol. The minimum Gasteiger partial charge on any atom is -0.508 e. The number of aliphatic hydroxyl groups is 2. The molecule has 0 bridgehead atoms. The highest BCUT2D eigenvalue weighted by atomic mass is 16.5. The van der Waals surface area contributed by atoms with E-state index >= 15 is 0 Å². The van der Waals surface area contributed by atoms with Crippen molar-refractivity contribution in [2.75, 3.05) is 13.2 Å². The molecule has 0 aliphatic carbocycles. The number of ether oxygens (including phenoxy) is 3. The van der Waals surface area contributed by atoms with Crippen molar-refractivity contribution in [1.29, 1.82) is 0 Å². The number of aromatic hydroxyl groups is 3. The van der Waals surface area contributed by atoms with Gasteiger partial charge in [-0.1, -0.05) is 11.6 Å². The minimum atomic E-state index is -1.08. The first-order chi connectivity index (χ1) is 16.9. The number of hydrogen-bond donors (Lipinski definition) is 5. The van der Waals surface area contributed by atoms with Crippen LogP contribution in [0.5, 0.6) is 23.0 Å². The van der Waals surface area contributed by atoms with Gasteiger partial charge < -0.3 is 39.7 Å². The quantitative estimate of drug-likeness (QED) is 0.175. The van der Waals surface area contributed by atoms with E-state index < -0.39 is 30.4 Å². The second kappa shape index (κ2) is 12.9. The summed E-state index contributed by atoms with van der Waals surface area (Å²) in [6.45, 7) is 5.30. The number of aliphatic hydroxyl groups excluding tert-OH is 2. The van der Waals surface area contributed by atoms with Crippen LogP contribution in [0.25, 0.3) is 0 Å². The van der Waals surface area contributed by atoms with E-state index in [1.807, 2.05) is 19.9 Å². The number of carbonyl (C=O) groups excluding carboxylic acids is 2. The van der Waals surface area contributed by atoms with Crippen LogP contribution in [0.4, 0.5) is 0 Å². The van der Waals surface area contributed by atoms with Gasteiger partial charge in [-0.2, -0.15) is 0 Å². The van der Waals surface area contributed by atoms with Crippen LogP contribution in [-0.4, -0.2) is 56.8 Å². The Balaban J connectivity index is 2.38. The maximum Gasteiger partial charge on any atom is 0.347 e. The van der Waals surface area contributed by atoms with Crippen LogP contribution in [0.1, 0.15) is 53.4 Å². The van der Waals surface area contributed by atoms with Gasteiger partial charge in [-0.3, -0.25) is 4.79 Å². The fourth-order valence-electron chi connectivity index (χ4n) is 3.41. The van der Waals surface area contributed by atoms with Crippen LogP contribution >= 0.6 is 0 Å². The highest BCUT2D eigenvalue weighted by Crippen LogP contribution is 2.37. The van der Waals surface area contributed by atoms with E-state index in [0.29, 0.717) is 0 Å². The number of hydrogen-bond acceptors (Lipinski definition) is 10. The van der Waals surface area contributed by atoms with Gasteiger partial charge in [-0.25, -0.2) is 4.79 Å². The third-order valence-corrected chi connectivity index (χ3v) is 5.19. The highest BCUT2D eigenvalue weighted by molar-refractivity contribution is 5.96. The molecule has 10 heteroatoms. The predicted molar refractivity (Wildman–Crippen MR) is 129 cm³/mol. The third kappa shape index (κ3) is 7.70. The van der Waals surface area contributed by atoms with Gasteiger partial charge in [0.2, 0.25) is 0 Å². The Hall–Kier alpha value is -3.60. The summed E-state index contributed by atoms with van der Waals surface area (Å²) < 4.78 is 15.7. The molecule has 0 unspecified atom stereocenters. The zero-order chi connectivity index (χ0) is 27.0. The van der Waals surface area contributed by atoms with Crippen molar-refractivity contribution in [1.82, 2.24) is 0 Å². The Kier molecular flexibility index (Phi) is 10.3. The lowest BCUT2D eigenvalue weighted by atomic mass is 9.98. The Labute approximate surface area is 209 Å². The minimum absolute atomic E-state index is 0.0235. The average Bonchev–Trinajstić information content (AvgIpc) is 2.77. The van der Waals surface area contributed by atoms with Gasteiger partial charge in [0.25, 0.3) is 0 Å². The van der Waals surface area contributed by atoms with Crippen LogP contribution in [0.3, 0.4) is 0 Å². The molecule has 196 valence electrons. The molecule has 0 saturated carbocycles. The summed E-state index contributed by atoms with van der Waals surface area (Å²) in [5.74, 6) is -2.42. The Bertz CT molecular complexity index is 1110. The molecule has 2 rings (SSSR count). The number of esters is 2. The van der Waals surface area contributed by atoms with Gasteiger partial charge in [0.15, 0.2) is 0 Å². The van der Waals surface area contributed by atoms with Gasteiger partial charge in [-0.05, 0) is 50.5 Å². The summed E-state index contributed by atoms with van der Waals surface area (Å²) in [6.07, 6.45) is 0.910. The van der Waals surface area contributed by atoms with Crippen LogP contribution in [0.15, 0.2) is 29.8 Å². The second-order valence-electron chi connectivity index (χ2n) is 8.50. The Morgan fingerprint density at radius 2 is 1.72 bits per heavy atom. The molecule has 0 radical (unpaired) electrons. The molecule has 1 atom stereocenters. The molecule has 0 amide bonds. The first-order valence-corrected chi connectivity index (χ1v) is 11.2. The summed E-state index contributed by atoms with van der Waals surface area (Å²) in [5, 5.41) is 50.6. The van der Waals surface area contributed by atoms with E-state index in [2.05, 4.69) is 0 Å². The predicted octanol–water partition coefficient (Wildman–Crippen LogP) is 2.77. The number of phenolic OH excluding ortho intramolecular Hbond substituents is 3. The first kappa shape index (κ1) is 28.6. The number of carbonyl (C=O) groups is 2. The standard InChI is InChI=1S/C26H32O10/c1-14(2)5-6-20-23(36-26(33)24-15(3)7-18(29)9-22(24)31)8-17(10-27)21(25(20)32)13-34-11-19(30)12-35-16(4)28/h5,7-9,19,27,29-32H,6,10-13H2,1-4H3/t19-/m1/s1. The number of allylic oxidation sites excluding steroid dienone is 2. The molecule has 0 fully saturated rings. The fourth-order valence-corrected chi connectivity index (χ4v) is 3.41. The number of phenols is 3. The average molecular weight is 505 g/mol. The zero-order valence-electron chi connectivity index (χ0n) is 20.7. The van der Waals surface area contributed by atoms with E-state index in [1.54, 1.807) is 0 Å². The van der Waals surface area contributed by atoms with Gasteiger partial charge >= 0.3 is 11.9 Å². The van der Waals surface area contributed by atoms with Crippen molar-refractivity contribution < 1.29 is 49.3 Å². The maximum atomic E-state index is 12.9. The van der Waals surface area contributed by atoms with Crippen molar-refractivity contribution >= 4 is 11.9 Å². The molecule has 2 aromatic carbocycles. The SMILES string of the molecule is CC(=O)OC[C@H](O)COCc1c(CO)cc(OC(=O)c2c(C)cc(O)cc2O)c(CC=C(C)C)c1O. The molecule has 2 aromatic rings. The summed E-state index contributed by atoms with van der Waals surface area (Å²) >= 11 is 0. The molecule has 36 heavy (non-hydrogen) atoms. The van der Waals surface area contributed by atoms with Crippen LogP contribution in [0.2, 0.25) is 0 Å². The lowest BCUT2D eigenvalue weighted by molar-refractivity contribution is -0.145. The van der Waals surface area contributed by atoms with Crippen molar-refractivity contribution in [3.05, 3.63) is 57.7 Å². The number of benzene rings is 2. The zero-order valence-corrected chi connectivity index (χ0v) is 20.7. The number of aryl methyl sites for hydroxylation is 1. The van der Waals surface area contributed by atoms with Gasteiger partial charge in [0.05, 0.1) is 19.8 Å². The summed E-state index contributed by atoms with van der Waals surface area (Å²) in [7, 11) is 0. The molecule has 10 nitrogen and oxygen atoms in total.